The van der Waals surface area contributed by atoms with Crippen LogP contribution in [0.3, 0.4) is 0 Å². The number of likely N-dealkylation sites (tertiary alicyclic amines) is 1. The number of nitrogens with two attached hydrogens (primary N) is 1. The molecule has 1 aliphatic rings. The van der Waals surface area contributed by atoms with E-state index >= 15 is 0 Å². The zero-order valence-corrected chi connectivity index (χ0v) is 7.53. The first-order chi connectivity index (χ1) is 5.53. The Morgan fingerprint density at radius 3 is 2.58 bits per heavy atom. The molecule has 0 aromatic carbocycles. The highest BCUT2D eigenvalue weighted by Gasteiger charge is 2.31. The second-order valence-electron chi connectivity index (χ2n) is 3.08. The third kappa shape index (κ3) is 2.84. The Morgan fingerprint density at radius 2 is 2.25 bits per heavy atom. The highest BCUT2D eigenvalue weighted by atomic mass is 35.5. The second-order valence-corrected chi connectivity index (χ2v) is 3.63. The van der Waals surface area contributed by atoms with Gasteiger partial charge in [-0.05, 0) is 18.0 Å². The van der Waals surface area contributed by atoms with Gasteiger partial charge in [-0.25, -0.2) is 0 Å². The van der Waals surface area contributed by atoms with E-state index in [4.69, 9.17) is 17.3 Å². The molecule has 0 aromatic heterocycles. The predicted molar refractivity (Wildman–Crippen MR) is 44.4 cm³/mol. The van der Waals surface area contributed by atoms with Crippen LogP contribution in [0.15, 0.2) is 0 Å². The van der Waals surface area contributed by atoms with E-state index in [0.29, 0.717) is 19.1 Å². The van der Waals surface area contributed by atoms with Crippen LogP contribution in [0.5, 0.6) is 0 Å². The molecule has 1 heterocycles. The second kappa shape index (κ2) is 3.85. The maximum Gasteiger partial charge on any atom is 0.322 e. The molecule has 1 saturated heterocycles. The van der Waals surface area contributed by atoms with Crippen molar-refractivity contribution in [3.8, 4) is 0 Å². The maximum atomic E-state index is 12.2. The van der Waals surface area contributed by atoms with Crippen molar-refractivity contribution >= 4 is 11.6 Å². The molecule has 5 heteroatoms. The summed E-state index contributed by atoms with van der Waals surface area (Å²) in [6.45, 7) is 1.76. The topological polar surface area (TPSA) is 29.3 Å². The summed E-state index contributed by atoms with van der Waals surface area (Å²) in [7, 11) is 0. The van der Waals surface area contributed by atoms with Crippen molar-refractivity contribution in [2.45, 2.75) is 24.3 Å². The molecule has 0 bridgehead atoms. The number of hydrogen-bond donors (Lipinski definition) is 1. The van der Waals surface area contributed by atoms with Crippen LogP contribution in [0, 0.1) is 0 Å². The minimum Gasteiger partial charge on any atom is -0.329 e. The zero-order chi connectivity index (χ0) is 9.19. The SMILES string of the molecule is NCC1CCN1CCC(F)(F)Cl. The van der Waals surface area contributed by atoms with Gasteiger partial charge in [-0.15, -0.1) is 0 Å². The Hall–Kier alpha value is 0.0700. The number of rotatable bonds is 4. The molecule has 0 aliphatic carbocycles. The lowest BCUT2D eigenvalue weighted by Crippen LogP contribution is -2.52. The number of halogens is 3. The standard InChI is InChI=1S/C7H13ClF2N2/c8-7(9,10)2-4-12-3-1-6(12)5-11/h6H,1-5,11H2. The van der Waals surface area contributed by atoms with E-state index in [1.54, 1.807) is 0 Å². The molecule has 72 valence electrons. The van der Waals surface area contributed by atoms with Crippen molar-refractivity contribution in [3.63, 3.8) is 0 Å². The zero-order valence-electron chi connectivity index (χ0n) is 6.77. The lowest BCUT2D eigenvalue weighted by molar-refractivity contribution is 0.0357. The first-order valence-corrected chi connectivity index (χ1v) is 4.41. The van der Waals surface area contributed by atoms with E-state index in [9.17, 15) is 8.78 Å². The van der Waals surface area contributed by atoms with Gasteiger partial charge in [0.2, 0.25) is 0 Å². The molecule has 2 nitrogen and oxygen atoms in total. The maximum absolute atomic E-state index is 12.2. The van der Waals surface area contributed by atoms with E-state index in [2.05, 4.69) is 0 Å². The van der Waals surface area contributed by atoms with Crippen LogP contribution >= 0.6 is 11.6 Å². The van der Waals surface area contributed by atoms with E-state index in [1.165, 1.54) is 0 Å². The minimum absolute atomic E-state index is 0.287. The Labute approximate surface area is 75.7 Å². The monoisotopic (exact) mass is 198 g/mol. The summed E-state index contributed by atoms with van der Waals surface area (Å²) in [5.74, 6) is 0. The van der Waals surface area contributed by atoms with Gasteiger partial charge in [-0.3, -0.25) is 4.90 Å². The van der Waals surface area contributed by atoms with Gasteiger partial charge in [-0.1, -0.05) is 0 Å². The molecule has 2 N–H and O–H groups in total. The fraction of sp³-hybridized carbons (Fsp3) is 1.00. The molecule has 0 radical (unpaired) electrons. The first-order valence-electron chi connectivity index (χ1n) is 4.04. The van der Waals surface area contributed by atoms with Gasteiger partial charge in [0.25, 0.3) is 0 Å². The largest absolute Gasteiger partial charge is 0.329 e. The summed E-state index contributed by atoms with van der Waals surface area (Å²) < 4.78 is 24.4. The fourth-order valence-corrected chi connectivity index (χ4v) is 1.41. The summed E-state index contributed by atoms with van der Waals surface area (Å²) in [5, 5.41) is -3.06. The van der Waals surface area contributed by atoms with E-state index in [1.807, 2.05) is 4.90 Å². The average Bonchev–Trinajstić information content (AvgIpc) is 1.83. The molecule has 0 spiro atoms. The molecular formula is C7H13ClF2N2. The van der Waals surface area contributed by atoms with Crippen LogP contribution in [-0.4, -0.2) is 36.0 Å². The fourth-order valence-electron chi connectivity index (χ4n) is 1.33. The predicted octanol–water partition coefficient (Wildman–Crippen LogP) is 1.24. The quantitative estimate of drug-likeness (QED) is 0.689. The summed E-state index contributed by atoms with van der Waals surface area (Å²) in [6.07, 6.45) is 0.732. The lowest BCUT2D eigenvalue weighted by atomic mass is 10.0. The molecule has 1 fully saturated rings. The third-order valence-electron chi connectivity index (χ3n) is 2.22. The Kier molecular flexibility index (Phi) is 3.26. The van der Waals surface area contributed by atoms with Crippen molar-refractivity contribution in [1.82, 2.24) is 4.90 Å². The normalized spacial score (nSPS) is 25.5. The molecule has 12 heavy (non-hydrogen) atoms. The summed E-state index contributed by atoms with van der Waals surface area (Å²) >= 11 is 4.76. The Balaban J connectivity index is 2.16. The number of nitrogens with zero attached hydrogens (tertiary/aromatic N) is 1. The highest BCUT2D eigenvalue weighted by molar-refractivity contribution is 6.21. The van der Waals surface area contributed by atoms with Crippen molar-refractivity contribution in [2.75, 3.05) is 19.6 Å². The third-order valence-corrected chi connectivity index (χ3v) is 2.41. The van der Waals surface area contributed by atoms with Crippen molar-refractivity contribution in [2.24, 2.45) is 5.73 Å². The van der Waals surface area contributed by atoms with Gasteiger partial charge in [0.1, 0.15) is 0 Å². The minimum atomic E-state index is -3.06. The molecular weight excluding hydrogens is 186 g/mol. The van der Waals surface area contributed by atoms with Crippen LogP contribution in [0.4, 0.5) is 8.78 Å². The molecule has 1 aliphatic heterocycles. The number of hydrogen-bond acceptors (Lipinski definition) is 2. The van der Waals surface area contributed by atoms with Gasteiger partial charge in [0.05, 0.1) is 0 Å². The van der Waals surface area contributed by atoms with Crippen LogP contribution in [0.2, 0.25) is 0 Å². The van der Waals surface area contributed by atoms with Crippen LogP contribution in [0.25, 0.3) is 0 Å². The Bertz CT molecular complexity index is 147. The summed E-state index contributed by atoms with van der Waals surface area (Å²) in [6, 6.07) is 0.295. The van der Waals surface area contributed by atoms with Crippen molar-refractivity contribution in [1.29, 1.82) is 0 Å². The molecule has 1 rings (SSSR count). The first kappa shape index (κ1) is 10.2. The molecule has 1 atom stereocenters. The van der Waals surface area contributed by atoms with Gasteiger partial charge < -0.3 is 5.73 Å². The summed E-state index contributed by atoms with van der Waals surface area (Å²) in [4.78, 5) is 1.94. The smallest absolute Gasteiger partial charge is 0.322 e. The van der Waals surface area contributed by atoms with Crippen LogP contribution < -0.4 is 5.73 Å². The highest BCUT2D eigenvalue weighted by Crippen LogP contribution is 2.25. The molecule has 0 aromatic rings. The molecule has 0 saturated carbocycles. The van der Waals surface area contributed by atoms with E-state index < -0.39 is 5.38 Å². The van der Waals surface area contributed by atoms with Gasteiger partial charge in [-0.2, -0.15) is 8.78 Å². The number of alkyl halides is 3. The lowest BCUT2D eigenvalue weighted by Gasteiger charge is -2.40. The van der Waals surface area contributed by atoms with Crippen molar-refractivity contribution in [3.05, 3.63) is 0 Å². The van der Waals surface area contributed by atoms with Crippen LogP contribution in [-0.2, 0) is 0 Å². The van der Waals surface area contributed by atoms with E-state index in [0.717, 1.165) is 13.0 Å². The molecule has 1 unspecified atom stereocenters. The van der Waals surface area contributed by atoms with Gasteiger partial charge in [0, 0.05) is 32.1 Å². The van der Waals surface area contributed by atoms with Crippen LogP contribution in [0.1, 0.15) is 12.8 Å². The molecule has 0 amide bonds. The summed E-state index contributed by atoms with van der Waals surface area (Å²) in [5.41, 5.74) is 5.40. The van der Waals surface area contributed by atoms with Crippen molar-refractivity contribution < 1.29 is 8.78 Å². The Morgan fingerprint density at radius 1 is 1.58 bits per heavy atom. The van der Waals surface area contributed by atoms with E-state index in [-0.39, 0.29) is 6.42 Å². The van der Waals surface area contributed by atoms with Gasteiger partial charge in [0.15, 0.2) is 0 Å². The average molecular weight is 199 g/mol. The van der Waals surface area contributed by atoms with Gasteiger partial charge >= 0.3 is 5.38 Å².